The number of nitrogens with zero attached hydrogens (tertiary/aromatic N) is 3. The second-order valence-electron chi connectivity index (χ2n) is 8.05. The summed E-state index contributed by atoms with van der Waals surface area (Å²) in [6, 6.07) is 12.2. The van der Waals surface area contributed by atoms with E-state index in [9.17, 15) is 21.6 Å². The van der Waals surface area contributed by atoms with Gasteiger partial charge in [0, 0.05) is 22.1 Å². The third-order valence-corrected chi connectivity index (χ3v) is 7.83. The summed E-state index contributed by atoms with van der Waals surface area (Å²) in [5.74, 6) is -0.617. The lowest BCUT2D eigenvalue weighted by Crippen LogP contribution is -2.47. The van der Waals surface area contributed by atoms with Crippen molar-refractivity contribution in [3.05, 3.63) is 71.0 Å². The third kappa shape index (κ3) is 6.71. The Morgan fingerprint density at radius 1 is 0.972 bits per heavy atom. The van der Waals surface area contributed by atoms with Crippen LogP contribution in [-0.2, 0) is 24.8 Å². The average molecular weight is 552 g/mol. The summed E-state index contributed by atoms with van der Waals surface area (Å²) < 4.78 is 53.9. The van der Waals surface area contributed by atoms with Crippen molar-refractivity contribution in [1.82, 2.24) is 9.97 Å². The van der Waals surface area contributed by atoms with Gasteiger partial charge in [0.2, 0.25) is 21.9 Å². The van der Waals surface area contributed by atoms with Crippen molar-refractivity contribution in [3.8, 4) is 0 Å². The lowest BCUT2D eigenvalue weighted by atomic mass is 10.2. The number of carbonyl (C=O) groups excluding carboxylic acids is 1. The van der Waals surface area contributed by atoms with E-state index in [-0.39, 0.29) is 17.3 Å². The van der Waals surface area contributed by atoms with Crippen molar-refractivity contribution in [1.29, 1.82) is 0 Å². The van der Waals surface area contributed by atoms with Crippen molar-refractivity contribution in [2.75, 3.05) is 20.6 Å². The fourth-order valence-corrected chi connectivity index (χ4v) is 5.82. The zero-order valence-electron chi connectivity index (χ0n) is 20.1. The molecule has 1 atom stereocenters. The highest BCUT2D eigenvalue weighted by atomic mass is 35.5. The van der Waals surface area contributed by atoms with Crippen LogP contribution in [-0.4, -0.2) is 45.0 Å². The van der Waals surface area contributed by atoms with E-state index in [1.54, 1.807) is 26.8 Å². The van der Waals surface area contributed by atoms with E-state index >= 15 is 0 Å². The molecular weight excluding hydrogens is 526 g/mol. The van der Waals surface area contributed by atoms with Crippen LogP contribution in [0.5, 0.6) is 0 Å². The van der Waals surface area contributed by atoms with E-state index in [1.807, 2.05) is 0 Å². The van der Waals surface area contributed by atoms with Gasteiger partial charge >= 0.3 is 0 Å². The molecule has 1 aromatic heterocycles. The SMILES string of the molecule is CCC(C(=O)Nc1ccc(S(=O)(=O)Nc2nc(C)cc(C)n2)cc1)N(c1ccc(Cl)cc1)S(C)(=O)=O. The van der Waals surface area contributed by atoms with Crippen LogP contribution in [0.25, 0.3) is 0 Å². The third-order valence-electron chi connectivity index (χ3n) is 5.05. The molecule has 0 aliphatic heterocycles. The van der Waals surface area contributed by atoms with Gasteiger partial charge in [0.1, 0.15) is 6.04 Å². The second kappa shape index (κ2) is 10.8. The molecule has 0 bridgehead atoms. The molecule has 3 rings (SSSR count). The van der Waals surface area contributed by atoms with Crippen LogP contribution in [0.1, 0.15) is 24.7 Å². The molecule has 192 valence electrons. The topological polar surface area (TPSA) is 138 Å². The molecule has 3 aromatic rings. The van der Waals surface area contributed by atoms with Gasteiger partial charge in [-0.2, -0.15) is 0 Å². The number of anilines is 3. The smallest absolute Gasteiger partial charge is 0.264 e. The van der Waals surface area contributed by atoms with E-state index in [0.717, 1.165) is 10.6 Å². The number of hydrogen-bond donors (Lipinski definition) is 2. The highest BCUT2D eigenvalue weighted by Crippen LogP contribution is 2.25. The van der Waals surface area contributed by atoms with Gasteiger partial charge in [0.25, 0.3) is 10.0 Å². The van der Waals surface area contributed by atoms with Gasteiger partial charge in [-0.3, -0.25) is 9.10 Å². The molecule has 2 aromatic carbocycles. The minimum Gasteiger partial charge on any atom is -0.324 e. The van der Waals surface area contributed by atoms with Crippen LogP contribution in [0, 0.1) is 13.8 Å². The Morgan fingerprint density at radius 2 is 1.53 bits per heavy atom. The number of nitrogens with one attached hydrogen (secondary N) is 2. The Kier molecular flexibility index (Phi) is 8.22. The van der Waals surface area contributed by atoms with Crippen LogP contribution in [0.15, 0.2) is 59.5 Å². The number of benzene rings is 2. The Labute approximate surface area is 215 Å². The fraction of sp³-hybridized carbons (Fsp3) is 0.261. The molecular formula is C23H26ClN5O5S2. The first-order valence-electron chi connectivity index (χ1n) is 10.8. The maximum Gasteiger partial charge on any atom is 0.264 e. The summed E-state index contributed by atoms with van der Waals surface area (Å²) in [5, 5.41) is 3.09. The summed E-state index contributed by atoms with van der Waals surface area (Å²) >= 11 is 5.92. The first-order valence-corrected chi connectivity index (χ1v) is 14.5. The summed E-state index contributed by atoms with van der Waals surface area (Å²) in [5.41, 5.74) is 1.82. The van der Waals surface area contributed by atoms with Gasteiger partial charge in [0.15, 0.2) is 0 Å². The maximum atomic E-state index is 13.1. The highest BCUT2D eigenvalue weighted by molar-refractivity contribution is 7.92. The van der Waals surface area contributed by atoms with Gasteiger partial charge in [-0.25, -0.2) is 31.5 Å². The monoisotopic (exact) mass is 551 g/mol. The molecule has 0 fully saturated rings. The van der Waals surface area contributed by atoms with E-state index in [1.165, 1.54) is 48.5 Å². The van der Waals surface area contributed by atoms with Crippen LogP contribution < -0.4 is 14.3 Å². The van der Waals surface area contributed by atoms with Gasteiger partial charge in [0.05, 0.1) is 16.8 Å². The highest BCUT2D eigenvalue weighted by Gasteiger charge is 2.31. The molecule has 1 heterocycles. The average Bonchev–Trinajstić information content (AvgIpc) is 2.76. The molecule has 1 amide bonds. The molecule has 0 saturated heterocycles. The Bertz CT molecular complexity index is 1440. The number of amides is 1. The molecule has 10 nitrogen and oxygen atoms in total. The first kappa shape index (κ1) is 27.4. The number of sulfonamides is 2. The van der Waals surface area contributed by atoms with Gasteiger partial charge in [-0.1, -0.05) is 18.5 Å². The number of aromatic nitrogens is 2. The molecule has 0 saturated carbocycles. The van der Waals surface area contributed by atoms with Crippen molar-refractivity contribution in [2.45, 2.75) is 38.1 Å². The Balaban J connectivity index is 1.80. The predicted octanol–water partition coefficient (Wildman–Crippen LogP) is 3.73. The molecule has 13 heteroatoms. The number of halogens is 1. The van der Waals surface area contributed by atoms with Crippen molar-refractivity contribution in [3.63, 3.8) is 0 Å². The van der Waals surface area contributed by atoms with Crippen molar-refractivity contribution < 1.29 is 21.6 Å². The second-order valence-corrected chi connectivity index (χ2v) is 12.0. The number of aryl methyl sites for hydroxylation is 2. The minimum atomic E-state index is -3.97. The minimum absolute atomic E-state index is 0.0428. The van der Waals surface area contributed by atoms with Crippen LogP contribution in [0.2, 0.25) is 5.02 Å². The van der Waals surface area contributed by atoms with Gasteiger partial charge < -0.3 is 5.32 Å². The number of hydrogen-bond acceptors (Lipinski definition) is 7. The molecule has 2 N–H and O–H groups in total. The summed E-state index contributed by atoms with van der Waals surface area (Å²) in [7, 11) is -7.78. The molecule has 0 spiro atoms. The molecule has 36 heavy (non-hydrogen) atoms. The summed E-state index contributed by atoms with van der Waals surface area (Å²) in [4.78, 5) is 21.2. The Morgan fingerprint density at radius 3 is 2.03 bits per heavy atom. The van der Waals surface area contributed by atoms with Crippen molar-refractivity contribution >= 4 is 54.9 Å². The normalized spacial score (nSPS) is 12.6. The fourth-order valence-electron chi connectivity index (χ4n) is 3.54. The zero-order chi connectivity index (χ0) is 26.7. The standard InChI is InChI=1S/C23H26ClN5O5S2/c1-5-21(29(35(4,31)32)19-10-6-17(24)7-11-19)22(30)27-18-8-12-20(13-9-18)36(33,34)28-23-25-15(2)14-16(3)26-23/h6-14,21H,5H2,1-4H3,(H,27,30)(H,25,26,28). The quantitative estimate of drug-likeness (QED) is 0.413. The van der Waals surface area contributed by atoms with Crippen LogP contribution >= 0.6 is 11.6 Å². The molecule has 0 aliphatic carbocycles. The lowest BCUT2D eigenvalue weighted by Gasteiger charge is -2.30. The van der Waals surface area contributed by atoms with E-state index in [0.29, 0.717) is 27.8 Å². The molecule has 1 unspecified atom stereocenters. The van der Waals surface area contributed by atoms with Crippen LogP contribution in [0.4, 0.5) is 17.3 Å². The van der Waals surface area contributed by atoms with E-state index in [4.69, 9.17) is 11.6 Å². The van der Waals surface area contributed by atoms with E-state index in [2.05, 4.69) is 20.0 Å². The predicted molar refractivity (Wildman–Crippen MR) is 140 cm³/mol. The van der Waals surface area contributed by atoms with Gasteiger partial charge in [-0.15, -0.1) is 0 Å². The van der Waals surface area contributed by atoms with E-state index < -0.39 is 32.0 Å². The zero-order valence-corrected chi connectivity index (χ0v) is 22.4. The molecule has 0 aliphatic rings. The number of rotatable bonds is 9. The lowest BCUT2D eigenvalue weighted by molar-refractivity contribution is -0.117. The number of carbonyl (C=O) groups is 1. The van der Waals surface area contributed by atoms with Crippen molar-refractivity contribution in [2.24, 2.45) is 0 Å². The summed E-state index contributed by atoms with van der Waals surface area (Å²) in [6.07, 6.45) is 1.21. The first-order chi connectivity index (χ1) is 16.8. The maximum absolute atomic E-state index is 13.1. The largest absolute Gasteiger partial charge is 0.324 e. The van der Waals surface area contributed by atoms with Crippen LogP contribution in [0.3, 0.4) is 0 Å². The Hall–Kier alpha value is -3.22. The van der Waals surface area contributed by atoms with Gasteiger partial charge in [-0.05, 0) is 74.9 Å². The summed E-state index contributed by atoms with van der Waals surface area (Å²) in [6.45, 7) is 5.14. The molecule has 0 radical (unpaired) electrons.